The fraction of sp³-hybridized carbons (Fsp3) is 1.00. The molecule has 3 unspecified atom stereocenters. The fourth-order valence-electron chi connectivity index (χ4n) is 2.32. The van der Waals surface area contributed by atoms with E-state index < -0.39 is 5.79 Å². The molecule has 4 nitrogen and oxygen atoms in total. The summed E-state index contributed by atoms with van der Waals surface area (Å²) in [5.41, 5.74) is 0. The van der Waals surface area contributed by atoms with Gasteiger partial charge in [-0.05, 0) is 26.9 Å². The molecule has 2 aliphatic rings. The largest absolute Gasteiger partial charge is 0.394 e. The van der Waals surface area contributed by atoms with E-state index in [2.05, 4.69) is 11.9 Å². The summed E-state index contributed by atoms with van der Waals surface area (Å²) in [6.45, 7) is 4.70. The van der Waals surface area contributed by atoms with Gasteiger partial charge in [0.05, 0.1) is 13.2 Å². The Kier molecular flexibility index (Phi) is 2.79. The van der Waals surface area contributed by atoms with E-state index in [9.17, 15) is 0 Å². The molecule has 0 aromatic heterocycles. The molecule has 2 fully saturated rings. The monoisotopic (exact) mass is 201 g/mol. The molecule has 2 heterocycles. The maximum atomic E-state index is 8.98. The summed E-state index contributed by atoms with van der Waals surface area (Å²) in [4.78, 5) is 2.29. The second-order valence-corrected chi connectivity index (χ2v) is 4.50. The second-order valence-electron chi connectivity index (χ2n) is 4.50. The summed E-state index contributed by atoms with van der Waals surface area (Å²) in [5.74, 6) is -0.0397. The third kappa shape index (κ3) is 1.80. The van der Waals surface area contributed by atoms with Gasteiger partial charge >= 0.3 is 0 Å². The first-order valence-electron chi connectivity index (χ1n) is 5.25. The van der Waals surface area contributed by atoms with E-state index in [-0.39, 0.29) is 12.7 Å². The third-order valence-corrected chi connectivity index (χ3v) is 3.29. The number of nitrogens with zero attached hydrogens (tertiary/aromatic N) is 1. The summed E-state index contributed by atoms with van der Waals surface area (Å²) < 4.78 is 11.4. The van der Waals surface area contributed by atoms with Gasteiger partial charge in [-0.2, -0.15) is 0 Å². The maximum absolute atomic E-state index is 8.98. The van der Waals surface area contributed by atoms with Crippen LogP contribution in [0.25, 0.3) is 0 Å². The smallest absolute Gasteiger partial charge is 0.170 e. The van der Waals surface area contributed by atoms with E-state index in [1.807, 2.05) is 6.92 Å². The molecule has 0 amide bonds. The molecule has 4 heteroatoms. The lowest BCUT2D eigenvalue weighted by molar-refractivity contribution is -0.190. The highest BCUT2D eigenvalue weighted by Crippen LogP contribution is 2.35. The van der Waals surface area contributed by atoms with Crippen LogP contribution in [0.5, 0.6) is 0 Å². The number of aliphatic hydroxyl groups excluding tert-OH is 1. The molecule has 2 saturated heterocycles. The highest BCUT2D eigenvalue weighted by Gasteiger charge is 2.45. The molecule has 0 bridgehead atoms. The summed E-state index contributed by atoms with van der Waals surface area (Å²) in [6, 6.07) is 0. The van der Waals surface area contributed by atoms with Crippen molar-refractivity contribution in [2.45, 2.75) is 25.2 Å². The van der Waals surface area contributed by atoms with Crippen molar-refractivity contribution in [2.75, 3.05) is 33.4 Å². The Hall–Kier alpha value is -0.160. The molecule has 82 valence electrons. The van der Waals surface area contributed by atoms with Crippen LogP contribution in [0.2, 0.25) is 0 Å². The molecule has 0 radical (unpaired) electrons. The highest BCUT2D eigenvalue weighted by molar-refractivity contribution is 4.87. The van der Waals surface area contributed by atoms with Gasteiger partial charge in [-0.25, -0.2) is 0 Å². The number of hydrogen-bond donors (Lipinski definition) is 1. The van der Waals surface area contributed by atoms with Crippen molar-refractivity contribution in [3.8, 4) is 0 Å². The number of aliphatic hydroxyl groups is 1. The SMILES string of the molecule is CN1CCC(C2(C)OCC(CO)O2)C1. The van der Waals surface area contributed by atoms with Gasteiger partial charge in [0, 0.05) is 12.5 Å². The minimum atomic E-state index is -0.474. The normalized spacial score (nSPS) is 44.8. The minimum absolute atomic E-state index is 0.0537. The average molecular weight is 201 g/mol. The predicted molar refractivity (Wildman–Crippen MR) is 51.9 cm³/mol. The van der Waals surface area contributed by atoms with Gasteiger partial charge in [0.2, 0.25) is 0 Å². The van der Waals surface area contributed by atoms with Crippen LogP contribution in [-0.2, 0) is 9.47 Å². The van der Waals surface area contributed by atoms with Gasteiger partial charge in [-0.3, -0.25) is 0 Å². The van der Waals surface area contributed by atoms with Crippen LogP contribution in [-0.4, -0.2) is 55.2 Å². The number of ether oxygens (including phenoxy) is 2. The number of likely N-dealkylation sites (tertiary alicyclic amines) is 1. The Morgan fingerprint density at radius 1 is 1.57 bits per heavy atom. The van der Waals surface area contributed by atoms with E-state index >= 15 is 0 Å². The molecule has 2 aliphatic heterocycles. The predicted octanol–water partition coefficient (Wildman–Crippen LogP) is 0.0620. The standard InChI is InChI=1S/C10H19NO3/c1-10(8-3-4-11(2)5-8)13-7-9(6-12)14-10/h8-9,12H,3-7H2,1-2H3. The molecule has 14 heavy (non-hydrogen) atoms. The Labute approximate surface area is 84.8 Å². The Balaban J connectivity index is 1.96. The molecule has 0 aromatic carbocycles. The zero-order valence-corrected chi connectivity index (χ0v) is 8.90. The summed E-state index contributed by atoms with van der Waals surface area (Å²) >= 11 is 0. The van der Waals surface area contributed by atoms with Crippen LogP contribution in [0, 0.1) is 5.92 Å². The van der Waals surface area contributed by atoms with Crippen molar-refractivity contribution in [3.63, 3.8) is 0 Å². The average Bonchev–Trinajstić information content (AvgIpc) is 2.73. The van der Waals surface area contributed by atoms with Crippen LogP contribution in [0.15, 0.2) is 0 Å². The van der Waals surface area contributed by atoms with E-state index in [1.54, 1.807) is 0 Å². The second kappa shape index (κ2) is 3.77. The van der Waals surface area contributed by atoms with Crippen LogP contribution >= 0.6 is 0 Å². The van der Waals surface area contributed by atoms with Gasteiger partial charge in [0.25, 0.3) is 0 Å². The van der Waals surface area contributed by atoms with Crippen LogP contribution in [0.3, 0.4) is 0 Å². The molecule has 1 N–H and O–H groups in total. The Morgan fingerprint density at radius 3 is 2.86 bits per heavy atom. The third-order valence-electron chi connectivity index (χ3n) is 3.29. The number of rotatable bonds is 2. The number of hydrogen-bond acceptors (Lipinski definition) is 4. The molecular weight excluding hydrogens is 182 g/mol. The molecule has 3 atom stereocenters. The first kappa shape index (κ1) is 10.4. The van der Waals surface area contributed by atoms with Crippen molar-refractivity contribution in [1.82, 2.24) is 4.90 Å². The topological polar surface area (TPSA) is 41.9 Å². The molecule has 2 rings (SSSR count). The zero-order valence-electron chi connectivity index (χ0n) is 8.90. The van der Waals surface area contributed by atoms with Gasteiger partial charge in [0.15, 0.2) is 5.79 Å². The summed E-state index contributed by atoms with van der Waals surface area (Å²) in [7, 11) is 2.11. The first-order chi connectivity index (χ1) is 6.64. The van der Waals surface area contributed by atoms with Crippen molar-refractivity contribution in [1.29, 1.82) is 0 Å². The molecule has 0 spiro atoms. The molecular formula is C10H19NO3. The van der Waals surface area contributed by atoms with Crippen molar-refractivity contribution in [3.05, 3.63) is 0 Å². The van der Waals surface area contributed by atoms with Crippen LogP contribution < -0.4 is 0 Å². The quantitative estimate of drug-likeness (QED) is 0.686. The first-order valence-corrected chi connectivity index (χ1v) is 5.25. The van der Waals surface area contributed by atoms with Gasteiger partial charge < -0.3 is 19.5 Å². The molecule has 0 aromatic rings. The summed E-state index contributed by atoms with van der Waals surface area (Å²) in [5, 5.41) is 8.98. The van der Waals surface area contributed by atoms with E-state index in [4.69, 9.17) is 14.6 Å². The Morgan fingerprint density at radius 2 is 2.36 bits per heavy atom. The van der Waals surface area contributed by atoms with Gasteiger partial charge in [-0.1, -0.05) is 0 Å². The van der Waals surface area contributed by atoms with E-state index in [1.165, 1.54) is 0 Å². The van der Waals surface area contributed by atoms with Crippen LogP contribution in [0.4, 0.5) is 0 Å². The van der Waals surface area contributed by atoms with E-state index in [0.29, 0.717) is 12.5 Å². The maximum Gasteiger partial charge on any atom is 0.170 e. The lowest BCUT2D eigenvalue weighted by Crippen LogP contribution is -2.38. The lowest BCUT2D eigenvalue weighted by atomic mass is 9.99. The zero-order chi connectivity index (χ0) is 10.2. The fourth-order valence-corrected chi connectivity index (χ4v) is 2.32. The summed E-state index contributed by atoms with van der Waals surface area (Å²) in [6.07, 6.45) is 0.983. The highest BCUT2D eigenvalue weighted by atomic mass is 16.7. The molecule has 0 aliphatic carbocycles. The Bertz CT molecular complexity index is 212. The van der Waals surface area contributed by atoms with Crippen molar-refractivity contribution >= 4 is 0 Å². The van der Waals surface area contributed by atoms with Gasteiger partial charge in [-0.15, -0.1) is 0 Å². The minimum Gasteiger partial charge on any atom is -0.394 e. The lowest BCUT2D eigenvalue weighted by Gasteiger charge is -2.29. The van der Waals surface area contributed by atoms with Crippen molar-refractivity contribution < 1.29 is 14.6 Å². The molecule has 0 saturated carbocycles. The van der Waals surface area contributed by atoms with Crippen LogP contribution in [0.1, 0.15) is 13.3 Å². The van der Waals surface area contributed by atoms with Gasteiger partial charge in [0.1, 0.15) is 6.10 Å². The van der Waals surface area contributed by atoms with Crippen molar-refractivity contribution in [2.24, 2.45) is 5.92 Å². The van der Waals surface area contributed by atoms with E-state index in [0.717, 1.165) is 19.5 Å².